The van der Waals surface area contributed by atoms with Crippen molar-refractivity contribution in [1.29, 1.82) is 0 Å². The van der Waals surface area contributed by atoms with Gasteiger partial charge >= 0.3 is 5.97 Å². The summed E-state index contributed by atoms with van der Waals surface area (Å²) in [6.45, 7) is 0.234. The lowest BCUT2D eigenvalue weighted by molar-refractivity contribution is -0.122. The minimum Gasteiger partial charge on any atom is -0.476 e. The number of carbonyl (C=O) groups is 2. The van der Waals surface area contributed by atoms with Crippen LogP contribution >= 0.6 is 0 Å². The highest BCUT2D eigenvalue weighted by atomic mass is 16.4. The predicted octanol–water partition coefficient (Wildman–Crippen LogP) is 0.763. The van der Waals surface area contributed by atoms with Gasteiger partial charge in [0.1, 0.15) is 12.3 Å². The Morgan fingerprint density at radius 2 is 2.29 bits per heavy atom. The maximum absolute atomic E-state index is 11.9. The van der Waals surface area contributed by atoms with E-state index in [9.17, 15) is 9.59 Å². The number of amides is 1. The summed E-state index contributed by atoms with van der Waals surface area (Å²) >= 11 is 0. The molecule has 1 saturated carbocycles. The molecule has 0 saturated heterocycles. The van der Waals surface area contributed by atoms with Crippen LogP contribution in [0.4, 0.5) is 0 Å². The number of carbonyl (C=O) groups excluding carboxylic acids is 1. The van der Waals surface area contributed by atoms with Crippen molar-refractivity contribution in [3.63, 3.8) is 0 Å². The van der Waals surface area contributed by atoms with Crippen molar-refractivity contribution in [3.8, 4) is 0 Å². The summed E-state index contributed by atoms with van der Waals surface area (Å²) in [6.07, 6.45) is 3.34. The van der Waals surface area contributed by atoms with E-state index < -0.39 is 5.97 Å². The Bertz CT molecular complexity index is 658. The van der Waals surface area contributed by atoms with Gasteiger partial charge in [0.15, 0.2) is 5.69 Å². The van der Waals surface area contributed by atoms with E-state index in [2.05, 4.69) is 15.6 Å². The van der Waals surface area contributed by atoms with Gasteiger partial charge in [-0.05, 0) is 25.0 Å². The monoisotopic (exact) mass is 290 g/mol. The molecule has 110 valence electrons. The average molecular weight is 290 g/mol. The van der Waals surface area contributed by atoms with E-state index in [-0.39, 0.29) is 30.6 Å². The van der Waals surface area contributed by atoms with Gasteiger partial charge in [0.05, 0.1) is 18.5 Å². The molecule has 0 spiro atoms. The first-order chi connectivity index (χ1) is 10.1. The first kappa shape index (κ1) is 13.3. The maximum Gasteiger partial charge on any atom is 0.358 e. The van der Waals surface area contributed by atoms with Gasteiger partial charge in [0, 0.05) is 5.92 Å². The van der Waals surface area contributed by atoms with Crippen LogP contribution in [0.15, 0.2) is 22.8 Å². The quantitative estimate of drug-likeness (QED) is 0.812. The van der Waals surface area contributed by atoms with Crippen molar-refractivity contribution < 1.29 is 19.1 Å². The number of nitrogens with one attached hydrogen (secondary N) is 1. The normalized spacial score (nSPS) is 14.1. The van der Waals surface area contributed by atoms with Gasteiger partial charge in [-0.3, -0.25) is 4.79 Å². The zero-order valence-corrected chi connectivity index (χ0v) is 11.2. The highest BCUT2D eigenvalue weighted by Crippen LogP contribution is 2.41. The van der Waals surface area contributed by atoms with Gasteiger partial charge in [-0.15, -0.1) is 5.10 Å². The second kappa shape index (κ2) is 5.39. The number of furan rings is 1. The number of aromatic carboxylic acids is 1. The minimum absolute atomic E-state index is 0.0488. The number of hydrogen-bond donors (Lipinski definition) is 2. The molecule has 1 amide bonds. The van der Waals surface area contributed by atoms with Crippen molar-refractivity contribution in [2.75, 3.05) is 0 Å². The second-order valence-electron chi connectivity index (χ2n) is 4.92. The molecule has 3 rings (SSSR count). The van der Waals surface area contributed by atoms with Gasteiger partial charge in [0.25, 0.3) is 0 Å². The molecule has 1 fully saturated rings. The number of carboxylic acids is 1. The standard InChI is InChI=1S/C13H14N4O4/c18-10(14-6-9-2-1-5-21-9)7-17-12(8-3-4-8)11(13(19)20)15-16-17/h1-2,5,8H,3-4,6-7H2,(H,14,18)(H,19,20). The summed E-state index contributed by atoms with van der Waals surface area (Å²) < 4.78 is 6.49. The summed E-state index contributed by atoms with van der Waals surface area (Å²) in [5, 5.41) is 19.2. The Morgan fingerprint density at radius 1 is 1.48 bits per heavy atom. The summed E-state index contributed by atoms with van der Waals surface area (Å²) in [5.41, 5.74) is 0.479. The van der Waals surface area contributed by atoms with Gasteiger partial charge in [-0.2, -0.15) is 0 Å². The summed E-state index contributed by atoms with van der Waals surface area (Å²) in [4.78, 5) is 23.0. The van der Waals surface area contributed by atoms with Gasteiger partial charge in [0.2, 0.25) is 5.91 Å². The number of nitrogens with zero attached hydrogens (tertiary/aromatic N) is 3. The van der Waals surface area contributed by atoms with Crippen LogP contribution in [0.3, 0.4) is 0 Å². The number of hydrogen-bond acceptors (Lipinski definition) is 5. The van der Waals surface area contributed by atoms with E-state index >= 15 is 0 Å². The third kappa shape index (κ3) is 2.93. The molecular weight excluding hydrogens is 276 g/mol. The Morgan fingerprint density at radius 3 is 2.90 bits per heavy atom. The largest absolute Gasteiger partial charge is 0.476 e. The second-order valence-corrected chi connectivity index (χ2v) is 4.92. The van der Waals surface area contributed by atoms with E-state index in [1.54, 1.807) is 12.1 Å². The summed E-state index contributed by atoms with van der Waals surface area (Å²) in [7, 11) is 0. The molecule has 2 N–H and O–H groups in total. The highest BCUT2D eigenvalue weighted by Gasteiger charge is 2.34. The summed E-state index contributed by atoms with van der Waals surface area (Å²) in [6, 6.07) is 3.50. The Hall–Kier alpha value is -2.64. The molecule has 8 heteroatoms. The van der Waals surface area contributed by atoms with Crippen molar-refractivity contribution in [1.82, 2.24) is 20.3 Å². The van der Waals surface area contributed by atoms with E-state index in [4.69, 9.17) is 9.52 Å². The number of carboxylic acid groups (broad SMARTS) is 1. The Kier molecular flexibility index (Phi) is 3.43. The van der Waals surface area contributed by atoms with Crippen molar-refractivity contribution in [3.05, 3.63) is 35.5 Å². The topological polar surface area (TPSA) is 110 Å². The molecule has 1 aliphatic carbocycles. The fourth-order valence-corrected chi connectivity index (χ4v) is 2.14. The maximum atomic E-state index is 11.9. The fraction of sp³-hybridized carbons (Fsp3) is 0.385. The molecule has 0 radical (unpaired) electrons. The third-order valence-electron chi connectivity index (χ3n) is 3.27. The van der Waals surface area contributed by atoms with Crippen LogP contribution < -0.4 is 5.32 Å². The van der Waals surface area contributed by atoms with Crippen molar-refractivity contribution >= 4 is 11.9 Å². The van der Waals surface area contributed by atoms with Crippen LogP contribution in [-0.2, 0) is 17.9 Å². The molecule has 2 aromatic heterocycles. The summed E-state index contributed by atoms with van der Waals surface area (Å²) in [5.74, 6) is -0.589. The third-order valence-corrected chi connectivity index (χ3v) is 3.27. The van der Waals surface area contributed by atoms with E-state index in [0.717, 1.165) is 12.8 Å². The Labute approximate surface area is 119 Å². The van der Waals surface area contributed by atoms with Crippen LogP contribution in [0.5, 0.6) is 0 Å². The number of aromatic nitrogens is 3. The van der Waals surface area contributed by atoms with Crippen LogP contribution in [0, 0.1) is 0 Å². The smallest absolute Gasteiger partial charge is 0.358 e. The molecule has 21 heavy (non-hydrogen) atoms. The van der Waals surface area contributed by atoms with Gasteiger partial charge in [-0.25, -0.2) is 9.48 Å². The molecule has 0 unspecified atom stereocenters. The molecule has 0 aliphatic heterocycles. The molecular formula is C13H14N4O4. The molecule has 2 heterocycles. The van der Waals surface area contributed by atoms with Crippen LogP contribution in [0.1, 0.15) is 40.7 Å². The van der Waals surface area contributed by atoms with E-state index in [1.165, 1.54) is 10.9 Å². The lowest BCUT2D eigenvalue weighted by Crippen LogP contribution is -2.28. The first-order valence-corrected chi connectivity index (χ1v) is 6.61. The van der Waals surface area contributed by atoms with Crippen LogP contribution in [0.25, 0.3) is 0 Å². The lowest BCUT2D eigenvalue weighted by atomic mass is 10.2. The fourth-order valence-electron chi connectivity index (χ4n) is 2.14. The zero-order valence-electron chi connectivity index (χ0n) is 11.2. The first-order valence-electron chi connectivity index (χ1n) is 6.61. The zero-order chi connectivity index (χ0) is 14.8. The lowest BCUT2D eigenvalue weighted by Gasteiger charge is -2.06. The molecule has 0 bridgehead atoms. The molecule has 2 aromatic rings. The minimum atomic E-state index is -1.11. The number of rotatable bonds is 6. The SMILES string of the molecule is O=C(Cn1nnc(C(=O)O)c1C1CC1)NCc1ccco1. The van der Waals surface area contributed by atoms with Gasteiger partial charge in [-0.1, -0.05) is 5.21 Å². The molecule has 0 aromatic carbocycles. The van der Waals surface area contributed by atoms with Crippen LogP contribution in [0.2, 0.25) is 0 Å². The highest BCUT2D eigenvalue weighted by molar-refractivity contribution is 5.87. The van der Waals surface area contributed by atoms with Crippen molar-refractivity contribution in [2.45, 2.75) is 31.8 Å². The van der Waals surface area contributed by atoms with E-state index in [1.807, 2.05) is 0 Å². The molecule has 1 aliphatic rings. The molecule has 8 nitrogen and oxygen atoms in total. The molecule has 0 atom stereocenters. The van der Waals surface area contributed by atoms with Gasteiger partial charge < -0.3 is 14.8 Å². The average Bonchev–Trinajstić information content (AvgIpc) is 3.00. The predicted molar refractivity (Wildman–Crippen MR) is 69.5 cm³/mol. The van der Waals surface area contributed by atoms with E-state index in [0.29, 0.717) is 11.5 Å². The van der Waals surface area contributed by atoms with Crippen LogP contribution in [-0.4, -0.2) is 32.0 Å². The Balaban J connectivity index is 1.67. The van der Waals surface area contributed by atoms with Crippen molar-refractivity contribution in [2.24, 2.45) is 0 Å².